The van der Waals surface area contributed by atoms with E-state index in [9.17, 15) is 0 Å². The van der Waals surface area contributed by atoms with Gasteiger partial charge in [-0.1, -0.05) is 164 Å². The van der Waals surface area contributed by atoms with Crippen LogP contribution >= 0.6 is 0 Å². The maximum atomic E-state index is 6.50. The Balaban J connectivity index is 1.13. The molecule has 0 saturated heterocycles. The fourth-order valence-corrected chi connectivity index (χ4v) is 7.37. The summed E-state index contributed by atoms with van der Waals surface area (Å²) >= 11 is 0. The van der Waals surface area contributed by atoms with Crippen molar-refractivity contribution in [2.24, 2.45) is 0 Å². The average Bonchev–Trinajstić information content (AvgIpc) is 3.66. The topological polar surface area (TPSA) is 51.8 Å². The normalized spacial score (nSPS) is 11.3. The monoisotopic (exact) mass is 703 g/mol. The molecule has 0 fully saturated rings. The summed E-state index contributed by atoms with van der Waals surface area (Å²) in [6.45, 7) is 0. The molecule has 10 aromatic rings. The molecule has 0 spiro atoms. The standard InChI is InChI=1S/C51H33N3O/c1-5-14-34(15-6-1)36-24-26-37(27-25-36)42-30-41(35-16-7-2-8-17-35)31-43(32-42)40-28-29-46-45(33-40)48-44(22-13-23-47(48)55-46)51-53-49(38-18-9-3-10-19-38)52-50(54-51)39-20-11-4-12-21-39/h1-33H. The summed E-state index contributed by atoms with van der Waals surface area (Å²) in [5.74, 6) is 1.84. The maximum absolute atomic E-state index is 6.50. The summed E-state index contributed by atoms with van der Waals surface area (Å²) in [5.41, 5.74) is 13.6. The first-order valence-corrected chi connectivity index (χ1v) is 18.4. The lowest BCUT2D eigenvalue weighted by atomic mass is 9.92. The van der Waals surface area contributed by atoms with Gasteiger partial charge in [0.15, 0.2) is 17.5 Å². The second-order valence-corrected chi connectivity index (χ2v) is 13.6. The molecule has 2 heterocycles. The van der Waals surface area contributed by atoms with E-state index in [1.807, 2.05) is 72.8 Å². The first-order valence-electron chi connectivity index (χ1n) is 18.4. The number of fused-ring (bicyclic) bond motifs is 3. The Bertz CT molecular complexity index is 2880. The number of nitrogens with zero attached hydrogens (tertiary/aromatic N) is 3. The van der Waals surface area contributed by atoms with E-state index in [0.29, 0.717) is 17.5 Å². The Morgan fingerprint density at radius 3 is 1.24 bits per heavy atom. The first kappa shape index (κ1) is 32.2. The SMILES string of the molecule is c1ccc(-c2ccc(-c3cc(-c4ccccc4)cc(-c4ccc5oc6cccc(-c7nc(-c8ccccc8)nc(-c8ccccc8)n7)c6c5c4)c3)cc2)cc1. The largest absolute Gasteiger partial charge is 0.456 e. The van der Waals surface area contributed by atoms with E-state index >= 15 is 0 Å². The van der Waals surface area contributed by atoms with Crippen molar-refractivity contribution >= 4 is 21.9 Å². The van der Waals surface area contributed by atoms with Gasteiger partial charge in [-0.2, -0.15) is 0 Å². The van der Waals surface area contributed by atoms with Crippen LogP contribution in [0.15, 0.2) is 205 Å². The van der Waals surface area contributed by atoms with Crippen LogP contribution in [0.4, 0.5) is 0 Å². The zero-order chi connectivity index (χ0) is 36.6. The van der Waals surface area contributed by atoms with Gasteiger partial charge in [-0.25, -0.2) is 15.0 Å². The van der Waals surface area contributed by atoms with Gasteiger partial charge >= 0.3 is 0 Å². The zero-order valence-electron chi connectivity index (χ0n) is 29.8. The van der Waals surface area contributed by atoms with Crippen LogP contribution in [0.1, 0.15) is 0 Å². The first-order chi connectivity index (χ1) is 27.2. The molecule has 0 amide bonds. The van der Waals surface area contributed by atoms with Crippen molar-refractivity contribution in [3.05, 3.63) is 200 Å². The molecule has 0 radical (unpaired) electrons. The third-order valence-corrected chi connectivity index (χ3v) is 10.1. The molecule has 0 aliphatic rings. The number of furan rings is 1. The van der Waals surface area contributed by atoms with Crippen LogP contribution in [-0.4, -0.2) is 15.0 Å². The van der Waals surface area contributed by atoms with Crippen molar-refractivity contribution in [2.45, 2.75) is 0 Å². The van der Waals surface area contributed by atoms with Gasteiger partial charge in [-0.15, -0.1) is 0 Å². The molecular weight excluding hydrogens is 671 g/mol. The summed E-state index contributed by atoms with van der Waals surface area (Å²) in [5, 5.41) is 1.98. The van der Waals surface area contributed by atoms with E-state index in [0.717, 1.165) is 66.4 Å². The maximum Gasteiger partial charge on any atom is 0.164 e. The zero-order valence-corrected chi connectivity index (χ0v) is 29.8. The van der Waals surface area contributed by atoms with E-state index < -0.39 is 0 Å². The van der Waals surface area contributed by atoms with Gasteiger partial charge in [0.25, 0.3) is 0 Å². The Morgan fingerprint density at radius 1 is 0.273 bits per heavy atom. The van der Waals surface area contributed by atoms with Gasteiger partial charge in [-0.3, -0.25) is 0 Å². The highest BCUT2D eigenvalue weighted by Gasteiger charge is 2.19. The van der Waals surface area contributed by atoms with E-state index in [4.69, 9.17) is 19.4 Å². The fraction of sp³-hybridized carbons (Fsp3) is 0. The Morgan fingerprint density at radius 2 is 0.691 bits per heavy atom. The minimum absolute atomic E-state index is 0.596. The summed E-state index contributed by atoms with van der Waals surface area (Å²) in [7, 11) is 0. The predicted octanol–water partition coefficient (Wildman–Crippen LogP) is 13.4. The molecule has 55 heavy (non-hydrogen) atoms. The molecule has 4 nitrogen and oxygen atoms in total. The Kier molecular flexibility index (Phi) is 8.12. The van der Waals surface area contributed by atoms with Crippen LogP contribution in [0.2, 0.25) is 0 Å². The molecule has 10 rings (SSSR count). The molecule has 258 valence electrons. The number of rotatable bonds is 7. The Labute approximate surface area is 319 Å². The quantitative estimate of drug-likeness (QED) is 0.166. The fourth-order valence-electron chi connectivity index (χ4n) is 7.37. The second-order valence-electron chi connectivity index (χ2n) is 13.6. The number of aromatic nitrogens is 3. The summed E-state index contributed by atoms with van der Waals surface area (Å²) in [6.07, 6.45) is 0. The van der Waals surface area contributed by atoms with Crippen molar-refractivity contribution in [3.8, 4) is 78.7 Å². The smallest absolute Gasteiger partial charge is 0.164 e. The molecule has 0 aliphatic carbocycles. The van der Waals surface area contributed by atoms with Gasteiger partial charge in [0.2, 0.25) is 0 Å². The van der Waals surface area contributed by atoms with E-state index in [1.54, 1.807) is 0 Å². The number of benzene rings is 8. The van der Waals surface area contributed by atoms with Crippen molar-refractivity contribution in [1.29, 1.82) is 0 Å². The molecule has 2 aromatic heterocycles. The average molecular weight is 704 g/mol. The highest BCUT2D eigenvalue weighted by Crippen LogP contribution is 2.40. The predicted molar refractivity (Wildman–Crippen MR) is 225 cm³/mol. The van der Waals surface area contributed by atoms with Crippen molar-refractivity contribution in [3.63, 3.8) is 0 Å². The highest BCUT2D eigenvalue weighted by molar-refractivity contribution is 6.13. The van der Waals surface area contributed by atoms with Gasteiger partial charge in [-0.05, 0) is 80.9 Å². The molecule has 0 aliphatic heterocycles. The third-order valence-electron chi connectivity index (χ3n) is 10.1. The molecule has 0 N–H and O–H groups in total. The van der Waals surface area contributed by atoms with Gasteiger partial charge in [0.1, 0.15) is 11.2 Å². The molecular formula is C51H33N3O. The minimum atomic E-state index is 0.596. The molecule has 8 aromatic carbocycles. The van der Waals surface area contributed by atoms with E-state index in [2.05, 4.69) is 127 Å². The summed E-state index contributed by atoms with van der Waals surface area (Å²) in [4.78, 5) is 15.1. The number of hydrogen-bond donors (Lipinski definition) is 0. The van der Waals surface area contributed by atoms with Crippen molar-refractivity contribution in [2.75, 3.05) is 0 Å². The van der Waals surface area contributed by atoms with E-state index in [1.165, 1.54) is 16.7 Å². The Hall–Kier alpha value is -7.43. The van der Waals surface area contributed by atoms with Crippen LogP contribution in [0, 0.1) is 0 Å². The van der Waals surface area contributed by atoms with E-state index in [-0.39, 0.29) is 0 Å². The summed E-state index contributed by atoms with van der Waals surface area (Å²) < 4.78 is 6.50. The third kappa shape index (κ3) is 6.26. The minimum Gasteiger partial charge on any atom is -0.456 e. The summed E-state index contributed by atoms with van der Waals surface area (Å²) in [6, 6.07) is 69.5. The van der Waals surface area contributed by atoms with Gasteiger partial charge < -0.3 is 4.42 Å². The lowest BCUT2D eigenvalue weighted by molar-refractivity contribution is 0.669. The molecule has 0 atom stereocenters. The molecule has 0 saturated carbocycles. The van der Waals surface area contributed by atoms with Crippen LogP contribution in [0.25, 0.3) is 101 Å². The molecule has 4 heteroatoms. The highest BCUT2D eigenvalue weighted by atomic mass is 16.3. The van der Waals surface area contributed by atoms with Crippen molar-refractivity contribution in [1.82, 2.24) is 15.0 Å². The second kappa shape index (κ2) is 13.8. The lowest BCUT2D eigenvalue weighted by Crippen LogP contribution is -2.00. The molecule has 0 unspecified atom stereocenters. The van der Waals surface area contributed by atoms with Crippen molar-refractivity contribution < 1.29 is 4.42 Å². The van der Waals surface area contributed by atoms with Crippen LogP contribution in [-0.2, 0) is 0 Å². The van der Waals surface area contributed by atoms with Gasteiger partial charge in [0.05, 0.1) is 0 Å². The molecule has 0 bridgehead atoms. The number of hydrogen-bond acceptors (Lipinski definition) is 4. The van der Waals surface area contributed by atoms with Crippen LogP contribution < -0.4 is 0 Å². The van der Waals surface area contributed by atoms with Crippen LogP contribution in [0.5, 0.6) is 0 Å². The van der Waals surface area contributed by atoms with Crippen LogP contribution in [0.3, 0.4) is 0 Å². The van der Waals surface area contributed by atoms with Gasteiger partial charge in [0, 0.05) is 27.5 Å². The lowest BCUT2D eigenvalue weighted by Gasteiger charge is -2.12.